The molecule has 1 aliphatic rings. The summed E-state index contributed by atoms with van der Waals surface area (Å²) in [5.41, 5.74) is 2.20. The number of fused-ring (bicyclic) bond motifs is 1. The third-order valence-corrected chi connectivity index (χ3v) is 6.22. The van der Waals surface area contributed by atoms with Gasteiger partial charge in [-0.2, -0.15) is 13.2 Å². The molecule has 3 aromatic rings. The van der Waals surface area contributed by atoms with Crippen LogP contribution in [-0.2, 0) is 10.2 Å². The van der Waals surface area contributed by atoms with Crippen LogP contribution in [0.15, 0.2) is 45.9 Å². The zero-order chi connectivity index (χ0) is 25.5. The van der Waals surface area contributed by atoms with Crippen molar-refractivity contribution in [2.24, 2.45) is 0 Å². The lowest BCUT2D eigenvalue weighted by molar-refractivity contribution is -0.174. The number of benzene rings is 1. The van der Waals surface area contributed by atoms with Crippen molar-refractivity contribution in [1.82, 2.24) is 15.2 Å². The van der Waals surface area contributed by atoms with Gasteiger partial charge in [-0.3, -0.25) is 14.4 Å². The monoisotopic (exact) mass is 489 g/mol. The van der Waals surface area contributed by atoms with Crippen LogP contribution in [0.25, 0.3) is 22.1 Å². The van der Waals surface area contributed by atoms with Gasteiger partial charge in [-0.1, -0.05) is 20.8 Å². The van der Waals surface area contributed by atoms with Gasteiger partial charge >= 0.3 is 12.1 Å². The van der Waals surface area contributed by atoms with E-state index in [-0.39, 0.29) is 42.8 Å². The summed E-state index contributed by atoms with van der Waals surface area (Å²) in [7, 11) is 0. The first kappa shape index (κ1) is 24.6. The predicted octanol–water partition coefficient (Wildman–Crippen LogP) is 4.37. The molecule has 35 heavy (non-hydrogen) atoms. The molecular weight excluding hydrogens is 463 g/mol. The molecule has 0 aliphatic carbocycles. The molecule has 0 spiro atoms. The van der Waals surface area contributed by atoms with E-state index in [0.29, 0.717) is 27.7 Å². The minimum absolute atomic E-state index is 0.193. The highest BCUT2D eigenvalue weighted by Gasteiger charge is 2.40. The van der Waals surface area contributed by atoms with Crippen LogP contribution in [0, 0.1) is 0 Å². The molecule has 1 aliphatic heterocycles. The van der Waals surface area contributed by atoms with Crippen molar-refractivity contribution >= 4 is 22.8 Å². The number of piperidine rings is 1. The highest BCUT2D eigenvalue weighted by molar-refractivity contribution is 6.07. The number of furan rings is 1. The molecular formula is C25H26F3N3O4. The summed E-state index contributed by atoms with van der Waals surface area (Å²) in [5.74, 6) is -2.29. The fourth-order valence-corrected chi connectivity index (χ4v) is 4.33. The SMILES string of the molecule is CC(C)(C)c1cc(-c2ccc[nH]c2=O)cc2c(C(=O)N3CCC(NC(=O)C(F)(F)F)CC3)coc12. The van der Waals surface area contributed by atoms with Crippen LogP contribution in [0.5, 0.6) is 0 Å². The van der Waals surface area contributed by atoms with E-state index >= 15 is 0 Å². The molecule has 2 amide bonds. The molecule has 186 valence electrons. The quantitative estimate of drug-likeness (QED) is 0.571. The van der Waals surface area contributed by atoms with Crippen molar-refractivity contribution in [3.63, 3.8) is 0 Å². The van der Waals surface area contributed by atoms with Crippen molar-refractivity contribution in [2.75, 3.05) is 13.1 Å². The van der Waals surface area contributed by atoms with E-state index in [2.05, 4.69) is 4.98 Å². The Morgan fingerprint density at radius 2 is 1.83 bits per heavy atom. The van der Waals surface area contributed by atoms with Crippen molar-refractivity contribution in [1.29, 1.82) is 0 Å². The summed E-state index contributed by atoms with van der Waals surface area (Å²) >= 11 is 0. The number of nitrogens with zero attached hydrogens (tertiary/aromatic N) is 1. The minimum Gasteiger partial charge on any atom is -0.463 e. The summed E-state index contributed by atoms with van der Waals surface area (Å²) in [4.78, 5) is 41.2. The normalized spacial score (nSPS) is 15.4. The molecule has 0 unspecified atom stereocenters. The van der Waals surface area contributed by atoms with E-state index in [9.17, 15) is 27.6 Å². The number of aromatic amines is 1. The number of carbonyl (C=O) groups is 2. The molecule has 0 saturated carbocycles. The first-order valence-electron chi connectivity index (χ1n) is 11.3. The number of pyridine rings is 1. The van der Waals surface area contributed by atoms with E-state index in [1.165, 1.54) is 6.26 Å². The molecule has 4 rings (SSSR count). The number of H-pyrrole nitrogens is 1. The standard InChI is InChI=1S/C25H26F3N3O4/c1-24(2,3)19-12-14(16-5-4-8-29-21(16)32)11-17-18(13-35-20(17)19)22(33)31-9-6-15(7-10-31)30-23(34)25(26,27)28/h4-5,8,11-13,15H,6-7,9-10H2,1-3H3,(H,29,32)(H,30,34). The molecule has 0 bridgehead atoms. The van der Waals surface area contributed by atoms with Crippen molar-refractivity contribution in [2.45, 2.75) is 51.2 Å². The van der Waals surface area contributed by atoms with Gasteiger partial charge in [-0.25, -0.2) is 0 Å². The summed E-state index contributed by atoms with van der Waals surface area (Å²) in [6.45, 7) is 6.40. The predicted molar refractivity (Wildman–Crippen MR) is 124 cm³/mol. The van der Waals surface area contributed by atoms with Crippen molar-refractivity contribution in [3.8, 4) is 11.1 Å². The fourth-order valence-electron chi connectivity index (χ4n) is 4.33. The summed E-state index contributed by atoms with van der Waals surface area (Å²) in [6.07, 6.45) is -1.59. The third kappa shape index (κ3) is 4.96. The van der Waals surface area contributed by atoms with Gasteiger partial charge in [-0.15, -0.1) is 0 Å². The Bertz CT molecular complexity index is 1330. The van der Waals surface area contributed by atoms with E-state index in [1.807, 2.05) is 32.2 Å². The number of rotatable bonds is 3. The summed E-state index contributed by atoms with van der Waals surface area (Å²) < 4.78 is 43.4. The molecule has 2 N–H and O–H groups in total. The highest BCUT2D eigenvalue weighted by Crippen LogP contribution is 2.37. The van der Waals surface area contributed by atoms with Crippen LogP contribution in [0.2, 0.25) is 0 Å². The maximum Gasteiger partial charge on any atom is 0.471 e. The van der Waals surface area contributed by atoms with E-state index in [4.69, 9.17) is 4.42 Å². The Morgan fingerprint density at radius 3 is 2.43 bits per heavy atom. The molecule has 0 atom stereocenters. The number of alkyl halides is 3. The van der Waals surface area contributed by atoms with Crippen LogP contribution in [0.4, 0.5) is 13.2 Å². The summed E-state index contributed by atoms with van der Waals surface area (Å²) in [5, 5.41) is 2.55. The lowest BCUT2D eigenvalue weighted by Gasteiger charge is -2.32. The summed E-state index contributed by atoms with van der Waals surface area (Å²) in [6, 6.07) is 6.41. The number of halogens is 3. The Hall–Kier alpha value is -3.56. The van der Waals surface area contributed by atoms with Gasteiger partial charge in [0.2, 0.25) is 0 Å². The smallest absolute Gasteiger partial charge is 0.463 e. The van der Waals surface area contributed by atoms with Gasteiger partial charge in [0.05, 0.1) is 5.56 Å². The van der Waals surface area contributed by atoms with Crippen LogP contribution >= 0.6 is 0 Å². The maximum atomic E-state index is 13.4. The lowest BCUT2D eigenvalue weighted by atomic mass is 9.84. The Labute approximate surface area is 199 Å². The van der Waals surface area contributed by atoms with Gasteiger partial charge in [-0.05, 0) is 48.1 Å². The number of hydrogen-bond acceptors (Lipinski definition) is 4. The maximum absolute atomic E-state index is 13.4. The van der Waals surface area contributed by atoms with Crippen LogP contribution in [0.3, 0.4) is 0 Å². The second-order valence-corrected chi connectivity index (χ2v) is 9.75. The molecule has 1 fully saturated rings. The zero-order valence-electron chi connectivity index (χ0n) is 19.6. The number of carbonyl (C=O) groups excluding carboxylic acids is 2. The second kappa shape index (κ2) is 8.90. The van der Waals surface area contributed by atoms with E-state index in [0.717, 1.165) is 5.56 Å². The molecule has 7 nitrogen and oxygen atoms in total. The molecule has 10 heteroatoms. The van der Waals surface area contributed by atoms with Gasteiger partial charge in [0, 0.05) is 41.8 Å². The van der Waals surface area contributed by atoms with E-state index < -0.39 is 18.1 Å². The zero-order valence-corrected chi connectivity index (χ0v) is 19.6. The molecule has 0 radical (unpaired) electrons. The number of likely N-dealkylation sites (tertiary alicyclic amines) is 1. The number of nitrogens with one attached hydrogen (secondary N) is 2. The molecule has 1 saturated heterocycles. The van der Waals surface area contributed by atoms with Crippen molar-refractivity contribution in [3.05, 3.63) is 58.2 Å². The van der Waals surface area contributed by atoms with Crippen LogP contribution in [0.1, 0.15) is 49.5 Å². The van der Waals surface area contributed by atoms with Gasteiger partial charge in [0.1, 0.15) is 11.8 Å². The largest absolute Gasteiger partial charge is 0.471 e. The Morgan fingerprint density at radius 1 is 1.14 bits per heavy atom. The number of hydrogen-bond donors (Lipinski definition) is 2. The number of amides is 2. The highest BCUT2D eigenvalue weighted by atomic mass is 19.4. The van der Waals surface area contributed by atoms with Gasteiger partial charge in [0.25, 0.3) is 11.5 Å². The fraction of sp³-hybridized carbons (Fsp3) is 0.400. The van der Waals surface area contributed by atoms with Gasteiger partial charge < -0.3 is 19.6 Å². The van der Waals surface area contributed by atoms with Crippen LogP contribution < -0.4 is 10.9 Å². The second-order valence-electron chi connectivity index (χ2n) is 9.75. The van der Waals surface area contributed by atoms with Gasteiger partial charge in [0.15, 0.2) is 0 Å². The lowest BCUT2D eigenvalue weighted by Crippen LogP contribution is -2.49. The third-order valence-electron chi connectivity index (χ3n) is 6.22. The van der Waals surface area contributed by atoms with E-state index in [1.54, 1.807) is 29.3 Å². The molecule has 1 aromatic carbocycles. The van der Waals surface area contributed by atoms with Crippen molar-refractivity contribution < 1.29 is 27.2 Å². The average Bonchev–Trinajstić information content (AvgIpc) is 3.21. The average molecular weight is 489 g/mol. The molecule has 3 heterocycles. The molecule has 2 aromatic heterocycles. The van der Waals surface area contributed by atoms with Crippen LogP contribution in [-0.4, -0.2) is 47.0 Å². The first-order valence-corrected chi connectivity index (χ1v) is 11.3. The Balaban J connectivity index is 1.65. The number of aromatic nitrogens is 1. The topological polar surface area (TPSA) is 95.4 Å². The first-order chi connectivity index (χ1) is 16.4. The Kier molecular flexibility index (Phi) is 6.25. The minimum atomic E-state index is -4.94.